The Labute approximate surface area is 123 Å². The fraction of sp³-hybridized carbons (Fsp3) is 0. The predicted octanol–water partition coefficient (Wildman–Crippen LogP) is 2.04. The second-order valence-corrected chi connectivity index (χ2v) is 6.44. The third-order valence-electron chi connectivity index (χ3n) is 2.42. The maximum Gasteiger partial charge on any atom is 0.262 e. The first-order chi connectivity index (χ1) is 9.77. The maximum absolute atomic E-state index is 13.5. The van der Waals surface area contributed by atoms with Crippen molar-refractivity contribution in [2.75, 3.05) is 0 Å². The van der Waals surface area contributed by atoms with Gasteiger partial charge in [-0.25, -0.2) is 17.8 Å². The van der Waals surface area contributed by atoms with Crippen LogP contribution in [-0.4, -0.2) is 19.3 Å². The summed E-state index contributed by atoms with van der Waals surface area (Å²) in [7, 11) is 1.27. The summed E-state index contributed by atoms with van der Waals surface area (Å²) in [5.74, 6) is -1.62. The summed E-state index contributed by atoms with van der Waals surface area (Å²) < 4.78 is 40.8. The van der Waals surface area contributed by atoms with Gasteiger partial charge < -0.3 is 10.5 Å². The molecule has 9 heteroatoms. The van der Waals surface area contributed by atoms with E-state index < -0.39 is 20.8 Å². The number of rotatable bonds is 4. The molecule has 110 valence electrons. The van der Waals surface area contributed by atoms with E-state index in [0.29, 0.717) is 0 Å². The number of ether oxygens (including phenoxy) is 1. The molecule has 0 saturated carbocycles. The number of nitrogens with two attached hydrogens (primary N) is 1. The van der Waals surface area contributed by atoms with Crippen LogP contribution in [0.5, 0.6) is 11.6 Å². The molecule has 1 aromatic carbocycles. The third kappa shape index (κ3) is 3.67. The van der Waals surface area contributed by atoms with Gasteiger partial charge in [0.1, 0.15) is 16.5 Å². The highest BCUT2D eigenvalue weighted by Crippen LogP contribution is 2.23. The molecule has 0 atom stereocenters. The predicted molar refractivity (Wildman–Crippen MR) is 72.3 cm³/mol. The van der Waals surface area contributed by atoms with Crippen LogP contribution >= 0.6 is 10.7 Å². The summed E-state index contributed by atoms with van der Waals surface area (Å²) in [5.41, 5.74) is 4.71. The highest BCUT2D eigenvalue weighted by molar-refractivity contribution is 8.13. The number of pyridine rings is 1. The zero-order valence-electron chi connectivity index (χ0n) is 10.3. The molecule has 0 aliphatic heterocycles. The molecule has 0 spiro atoms. The zero-order chi connectivity index (χ0) is 15.6. The van der Waals surface area contributed by atoms with Crippen LogP contribution in [0.3, 0.4) is 0 Å². The highest BCUT2D eigenvalue weighted by atomic mass is 35.7. The van der Waals surface area contributed by atoms with Gasteiger partial charge in [-0.2, -0.15) is 0 Å². The molecule has 21 heavy (non-hydrogen) atoms. The standard InChI is InChI=1S/C12H8ClFN2O4S/c13-21(18,19)8-2-4-11(16-6-8)20-7-1-3-9(12(15)17)10(14)5-7/h1-6H,(H2,15,17). The topological polar surface area (TPSA) is 99.4 Å². The fourth-order valence-corrected chi connectivity index (χ4v) is 2.13. The van der Waals surface area contributed by atoms with Crippen LogP contribution < -0.4 is 10.5 Å². The van der Waals surface area contributed by atoms with E-state index in [4.69, 9.17) is 21.2 Å². The van der Waals surface area contributed by atoms with Gasteiger partial charge >= 0.3 is 0 Å². The van der Waals surface area contributed by atoms with E-state index in [-0.39, 0.29) is 22.1 Å². The van der Waals surface area contributed by atoms with Crippen LogP contribution in [-0.2, 0) is 9.05 Å². The van der Waals surface area contributed by atoms with Crippen molar-refractivity contribution in [3.63, 3.8) is 0 Å². The number of hydrogen-bond acceptors (Lipinski definition) is 5. The van der Waals surface area contributed by atoms with Crippen LogP contribution in [0.2, 0.25) is 0 Å². The Bertz CT molecular complexity index is 793. The molecule has 0 bridgehead atoms. The Morgan fingerprint density at radius 1 is 1.29 bits per heavy atom. The SMILES string of the molecule is NC(=O)c1ccc(Oc2ccc(S(=O)(=O)Cl)cn2)cc1F. The van der Waals surface area contributed by atoms with Gasteiger partial charge in [0.15, 0.2) is 0 Å². The number of aromatic nitrogens is 1. The Kier molecular flexibility index (Phi) is 4.10. The lowest BCUT2D eigenvalue weighted by Gasteiger charge is -2.06. The van der Waals surface area contributed by atoms with E-state index in [1.54, 1.807) is 0 Å². The van der Waals surface area contributed by atoms with Gasteiger partial charge in [-0.3, -0.25) is 4.79 Å². The highest BCUT2D eigenvalue weighted by Gasteiger charge is 2.12. The largest absolute Gasteiger partial charge is 0.439 e. The summed E-state index contributed by atoms with van der Waals surface area (Å²) in [6.45, 7) is 0. The molecule has 2 N–H and O–H groups in total. The van der Waals surface area contributed by atoms with Gasteiger partial charge in [-0.15, -0.1) is 0 Å². The summed E-state index contributed by atoms with van der Waals surface area (Å²) in [6.07, 6.45) is 1.01. The molecule has 1 aromatic heterocycles. The monoisotopic (exact) mass is 330 g/mol. The summed E-state index contributed by atoms with van der Waals surface area (Å²) in [5, 5.41) is 0. The van der Waals surface area contributed by atoms with Crippen molar-refractivity contribution < 1.29 is 22.3 Å². The number of halogens is 2. The molecule has 2 aromatic rings. The van der Waals surface area contributed by atoms with E-state index in [0.717, 1.165) is 12.3 Å². The fourth-order valence-electron chi connectivity index (χ4n) is 1.45. The summed E-state index contributed by atoms with van der Waals surface area (Å²) >= 11 is 0. The van der Waals surface area contributed by atoms with Crippen LogP contribution in [0.15, 0.2) is 41.4 Å². The maximum atomic E-state index is 13.5. The van der Waals surface area contributed by atoms with Crippen molar-refractivity contribution in [2.24, 2.45) is 5.73 Å². The lowest BCUT2D eigenvalue weighted by molar-refractivity contribution is 0.0996. The molecular formula is C12H8ClFN2O4S. The van der Waals surface area contributed by atoms with Crippen molar-refractivity contribution in [3.05, 3.63) is 47.9 Å². The summed E-state index contributed by atoms with van der Waals surface area (Å²) in [6, 6.07) is 5.92. The second-order valence-electron chi connectivity index (χ2n) is 3.88. The molecule has 0 fully saturated rings. The number of primary amides is 1. The Hall–Kier alpha value is -2.19. The summed E-state index contributed by atoms with van der Waals surface area (Å²) in [4.78, 5) is 14.4. The van der Waals surface area contributed by atoms with E-state index in [1.807, 2.05) is 0 Å². The molecule has 0 aliphatic rings. The van der Waals surface area contributed by atoms with Gasteiger partial charge in [0.2, 0.25) is 5.88 Å². The molecule has 1 amide bonds. The van der Waals surface area contributed by atoms with Gasteiger partial charge in [-0.05, 0) is 18.2 Å². The number of carbonyl (C=O) groups is 1. The normalized spacial score (nSPS) is 11.1. The zero-order valence-corrected chi connectivity index (χ0v) is 11.9. The molecule has 1 heterocycles. The van der Waals surface area contributed by atoms with Gasteiger partial charge in [0, 0.05) is 22.8 Å². The molecule has 0 aliphatic carbocycles. The van der Waals surface area contributed by atoms with Crippen LogP contribution in [0.1, 0.15) is 10.4 Å². The lowest BCUT2D eigenvalue weighted by atomic mass is 10.2. The minimum absolute atomic E-state index is 0.0327. The molecule has 0 saturated heterocycles. The molecular weight excluding hydrogens is 323 g/mol. The van der Waals surface area contributed by atoms with E-state index in [2.05, 4.69) is 4.98 Å². The smallest absolute Gasteiger partial charge is 0.262 e. The molecule has 0 radical (unpaired) electrons. The molecule has 6 nitrogen and oxygen atoms in total. The Morgan fingerprint density at radius 3 is 2.48 bits per heavy atom. The van der Waals surface area contributed by atoms with E-state index in [9.17, 15) is 17.6 Å². The van der Waals surface area contributed by atoms with Gasteiger partial charge in [0.05, 0.1) is 11.8 Å². The number of nitrogens with zero attached hydrogens (tertiary/aromatic N) is 1. The van der Waals surface area contributed by atoms with Crippen molar-refractivity contribution in [1.82, 2.24) is 4.98 Å². The van der Waals surface area contributed by atoms with Crippen molar-refractivity contribution in [2.45, 2.75) is 4.90 Å². The van der Waals surface area contributed by atoms with E-state index in [1.165, 1.54) is 24.3 Å². The van der Waals surface area contributed by atoms with Gasteiger partial charge in [0.25, 0.3) is 15.0 Å². The van der Waals surface area contributed by atoms with Gasteiger partial charge in [-0.1, -0.05) is 0 Å². The quantitative estimate of drug-likeness (QED) is 0.865. The minimum atomic E-state index is -3.87. The minimum Gasteiger partial charge on any atom is -0.439 e. The molecule has 0 unspecified atom stereocenters. The van der Waals surface area contributed by atoms with Crippen molar-refractivity contribution >= 4 is 25.6 Å². The second kappa shape index (κ2) is 5.66. The van der Waals surface area contributed by atoms with Crippen molar-refractivity contribution in [1.29, 1.82) is 0 Å². The molecule has 2 rings (SSSR count). The first-order valence-electron chi connectivity index (χ1n) is 5.45. The van der Waals surface area contributed by atoms with Crippen LogP contribution in [0, 0.1) is 5.82 Å². The first-order valence-corrected chi connectivity index (χ1v) is 7.76. The van der Waals surface area contributed by atoms with Crippen molar-refractivity contribution in [3.8, 4) is 11.6 Å². The average Bonchev–Trinajstić information content (AvgIpc) is 2.38. The third-order valence-corrected chi connectivity index (χ3v) is 3.76. The number of benzene rings is 1. The number of hydrogen-bond donors (Lipinski definition) is 1. The average molecular weight is 331 g/mol. The first kappa shape index (κ1) is 15.2. The number of carbonyl (C=O) groups excluding carboxylic acids is 1. The Balaban J connectivity index is 2.23. The van der Waals surface area contributed by atoms with Crippen LogP contribution in [0.4, 0.5) is 4.39 Å². The van der Waals surface area contributed by atoms with E-state index >= 15 is 0 Å². The lowest BCUT2D eigenvalue weighted by Crippen LogP contribution is -2.12. The Morgan fingerprint density at radius 2 is 2.00 bits per heavy atom. The number of amides is 1. The van der Waals surface area contributed by atoms with Crippen LogP contribution in [0.25, 0.3) is 0 Å².